The number of anilines is 1. The Morgan fingerprint density at radius 3 is 2.38 bits per heavy atom. The van der Waals surface area contributed by atoms with E-state index in [0.717, 1.165) is 27.8 Å². The van der Waals surface area contributed by atoms with Crippen LogP contribution in [0.15, 0.2) is 79.1 Å². The first kappa shape index (κ1) is 19.0. The van der Waals surface area contributed by atoms with E-state index >= 15 is 0 Å². The van der Waals surface area contributed by atoms with Gasteiger partial charge in [-0.2, -0.15) is 0 Å². The van der Waals surface area contributed by atoms with Crippen LogP contribution in [0.3, 0.4) is 0 Å². The Morgan fingerprint density at radius 1 is 0.897 bits per heavy atom. The van der Waals surface area contributed by atoms with Gasteiger partial charge in [-0.3, -0.25) is 4.98 Å². The third kappa shape index (κ3) is 4.58. The molecule has 2 aromatic heterocycles. The standard InChI is InChI=1S/C24H24N4O/c1-24(2,29)17-28(16-18-9-4-3-5-10-18)23-20-12-6-7-13-21(20)26-22(27-23)19-11-8-14-25-15-19/h3-15,29H,16-17H2,1-2H3. The summed E-state index contributed by atoms with van der Waals surface area (Å²) in [5.41, 5.74) is 2.00. The van der Waals surface area contributed by atoms with Crippen LogP contribution in [0.2, 0.25) is 0 Å². The Morgan fingerprint density at radius 2 is 1.66 bits per heavy atom. The Labute approximate surface area is 170 Å². The van der Waals surface area contributed by atoms with Crippen LogP contribution in [0, 0.1) is 0 Å². The van der Waals surface area contributed by atoms with Crippen molar-refractivity contribution < 1.29 is 5.11 Å². The van der Waals surface area contributed by atoms with E-state index in [9.17, 15) is 5.11 Å². The van der Waals surface area contributed by atoms with Crippen LogP contribution in [0.1, 0.15) is 19.4 Å². The van der Waals surface area contributed by atoms with Crippen LogP contribution in [0.5, 0.6) is 0 Å². The molecular formula is C24H24N4O. The van der Waals surface area contributed by atoms with Crippen molar-refractivity contribution in [1.29, 1.82) is 0 Å². The van der Waals surface area contributed by atoms with Crippen LogP contribution < -0.4 is 4.90 Å². The van der Waals surface area contributed by atoms with Gasteiger partial charge in [0.05, 0.1) is 11.1 Å². The van der Waals surface area contributed by atoms with E-state index in [2.05, 4.69) is 22.0 Å². The maximum Gasteiger partial charge on any atom is 0.163 e. The lowest BCUT2D eigenvalue weighted by atomic mass is 10.1. The molecule has 146 valence electrons. The van der Waals surface area contributed by atoms with Crippen molar-refractivity contribution >= 4 is 16.7 Å². The molecule has 0 unspecified atom stereocenters. The van der Waals surface area contributed by atoms with Crippen LogP contribution in [0.4, 0.5) is 5.82 Å². The van der Waals surface area contributed by atoms with E-state index in [4.69, 9.17) is 9.97 Å². The van der Waals surface area contributed by atoms with Crippen LogP contribution in [-0.2, 0) is 6.54 Å². The fourth-order valence-electron chi connectivity index (χ4n) is 3.40. The highest BCUT2D eigenvalue weighted by Gasteiger charge is 2.22. The number of hydrogen-bond acceptors (Lipinski definition) is 5. The molecule has 0 spiro atoms. The average molecular weight is 384 g/mol. The molecule has 4 rings (SSSR count). The Kier molecular flexibility index (Phi) is 5.23. The van der Waals surface area contributed by atoms with Gasteiger partial charge in [0.2, 0.25) is 0 Å². The zero-order valence-corrected chi connectivity index (χ0v) is 16.7. The van der Waals surface area contributed by atoms with E-state index in [1.165, 1.54) is 0 Å². The molecule has 0 bridgehead atoms. The second-order valence-electron chi connectivity index (χ2n) is 7.78. The molecule has 5 heteroatoms. The normalized spacial score (nSPS) is 11.6. The number of aromatic nitrogens is 3. The number of fused-ring (bicyclic) bond motifs is 1. The predicted octanol–water partition coefficient (Wildman–Crippen LogP) is 4.47. The van der Waals surface area contributed by atoms with Crippen molar-refractivity contribution in [3.05, 3.63) is 84.7 Å². The quantitative estimate of drug-likeness (QED) is 0.531. The summed E-state index contributed by atoms with van der Waals surface area (Å²) in [5, 5.41) is 11.5. The van der Waals surface area contributed by atoms with E-state index in [1.807, 2.05) is 68.4 Å². The first-order valence-electron chi connectivity index (χ1n) is 9.68. The molecule has 0 saturated heterocycles. The Hall–Kier alpha value is -3.31. The van der Waals surface area contributed by atoms with Crippen molar-refractivity contribution in [2.24, 2.45) is 0 Å². The van der Waals surface area contributed by atoms with Gasteiger partial charge < -0.3 is 10.0 Å². The molecule has 0 atom stereocenters. The van der Waals surface area contributed by atoms with Gasteiger partial charge in [0.15, 0.2) is 5.82 Å². The van der Waals surface area contributed by atoms with E-state index in [1.54, 1.807) is 12.4 Å². The number of nitrogens with zero attached hydrogens (tertiary/aromatic N) is 4. The summed E-state index contributed by atoms with van der Waals surface area (Å²) < 4.78 is 0. The average Bonchev–Trinajstić information content (AvgIpc) is 2.73. The fourth-order valence-corrected chi connectivity index (χ4v) is 3.40. The molecule has 0 aliphatic carbocycles. The SMILES string of the molecule is CC(C)(O)CN(Cc1ccccc1)c1nc(-c2cccnc2)nc2ccccc12. The van der Waals surface area contributed by atoms with Gasteiger partial charge in [0.1, 0.15) is 5.82 Å². The molecule has 5 nitrogen and oxygen atoms in total. The van der Waals surface area contributed by atoms with Gasteiger partial charge in [-0.15, -0.1) is 0 Å². The number of pyridine rings is 1. The van der Waals surface area contributed by atoms with Crippen molar-refractivity contribution in [2.75, 3.05) is 11.4 Å². The van der Waals surface area contributed by atoms with Gasteiger partial charge >= 0.3 is 0 Å². The summed E-state index contributed by atoms with van der Waals surface area (Å²) >= 11 is 0. The van der Waals surface area contributed by atoms with Gasteiger partial charge in [0, 0.05) is 36.4 Å². The molecule has 0 amide bonds. The maximum atomic E-state index is 10.6. The van der Waals surface area contributed by atoms with Crippen LogP contribution >= 0.6 is 0 Å². The lowest BCUT2D eigenvalue weighted by Gasteiger charge is -2.31. The summed E-state index contributed by atoms with van der Waals surface area (Å²) in [6, 6.07) is 22.0. The topological polar surface area (TPSA) is 62.1 Å². The largest absolute Gasteiger partial charge is 0.389 e. The molecule has 1 N–H and O–H groups in total. The van der Waals surface area contributed by atoms with Crippen LogP contribution in [-0.4, -0.2) is 32.2 Å². The van der Waals surface area contributed by atoms with Gasteiger partial charge in [-0.1, -0.05) is 42.5 Å². The molecular weight excluding hydrogens is 360 g/mol. The minimum Gasteiger partial charge on any atom is -0.389 e. The molecule has 0 aliphatic rings. The van der Waals surface area contributed by atoms with E-state index < -0.39 is 5.60 Å². The lowest BCUT2D eigenvalue weighted by molar-refractivity contribution is 0.0869. The first-order valence-corrected chi connectivity index (χ1v) is 9.68. The van der Waals surface area contributed by atoms with Crippen molar-refractivity contribution in [3.63, 3.8) is 0 Å². The smallest absolute Gasteiger partial charge is 0.163 e. The van der Waals surface area contributed by atoms with Gasteiger partial charge in [-0.05, 0) is 43.7 Å². The monoisotopic (exact) mass is 384 g/mol. The molecule has 0 radical (unpaired) electrons. The number of aliphatic hydroxyl groups is 1. The second kappa shape index (κ2) is 7.97. The van der Waals surface area contributed by atoms with Crippen molar-refractivity contribution in [2.45, 2.75) is 26.0 Å². The fraction of sp³-hybridized carbons (Fsp3) is 0.208. The zero-order chi connectivity index (χ0) is 20.3. The number of benzene rings is 2. The second-order valence-corrected chi connectivity index (χ2v) is 7.78. The lowest BCUT2D eigenvalue weighted by Crippen LogP contribution is -2.39. The highest BCUT2D eigenvalue weighted by atomic mass is 16.3. The third-order valence-corrected chi connectivity index (χ3v) is 4.60. The highest BCUT2D eigenvalue weighted by Crippen LogP contribution is 2.29. The minimum atomic E-state index is -0.880. The summed E-state index contributed by atoms with van der Waals surface area (Å²) in [7, 11) is 0. The molecule has 4 aromatic rings. The van der Waals surface area contributed by atoms with Gasteiger partial charge in [0.25, 0.3) is 0 Å². The Bertz CT molecular complexity index is 1090. The number of para-hydroxylation sites is 1. The summed E-state index contributed by atoms with van der Waals surface area (Å²) in [6.45, 7) is 4.71. The Balaban J connectivity index is 1.87. The molecule has 0 aliphatic heterocycles. The maximum absolute atomic E-state index is 10.6. The summed E-state index contributed by atoms with van der Waals surface area (Å²) in [5.74, 6) is 1.43. The van der Waals surface area contributed by atoms with E-state index in [0.29, 0.717) is 18.9 Å². The van der Waals surface area contributed by atoms with E-state index in [-0.39, 0.29) is 0 Å². The summed E-state index contributed by atoms with van der Waals surface area (Å²) in [4.78, 5) is 16.0. The predicted molar refractivity (Wildman–Crippen MR) is 117 cm³/mol. The number of hydrogen-bond donors (Lipinski definition) is 1. The molecule has 0 saturated carbocycles. The molecule has 2 aromatic carbocycles. The summed E-state index contributed by atoms with van der Waals surface area (Å²) in [6.07, 6.45) is 3.51. The van der Waals surface area contributed by atoms with Crippen LogP contribution in [0.25, 0.3) is 22.3 Å². The van der Waals surface area contributed by atoms with Crippen molar-refractivity contribution in [3.8, 4) is 11.4 Å². The number of rotatable bonds is 6. The molecule has 0 fully saturated rings. The highest BCUT2D eigenvalue weighted by molar-refractivity contribution is 5.91. The first-order chi connectivity index (χ1) is 14.0. The van der Waals surface area contributed by atoms with Gasteiger partial charge in [-0.25, -0.2) is 9.97 Å². The minimum absolute atomic E-state index is 0.440. The molecule has 2 heterocycles. The zero-order valence-electron chi connectivity index (χ0n) is 16.7. The van der Waals surface area contributed by atoms with Crippen molar-refractivity contribution in [1.82, 2.24) is 15.0 Å². The molecule has 29 heavy (non-hydrogen) atoms. The third-order valence-electron chi connectivity index (χ3n) is 4.60.